The van der Waals surface area contributed by atoms with Gasteiger partial charge in [0.25, 0.3) is 0 Å². The number of hydrazine groups is 1. The zero-order chi connectivity index (χ0) is 12.4. The Balaban J connectivity index is 1.97. The molecule has 0 radical (unpaired) electrons. The van der Waals surface area contributed by atoms with Gasteiger partial charge in [-0.05, 0) is 33.8 Å². The van der Waals surface area contributed by atoms with Crippen molar-refractivity contribution < 1.29 is 0 Å². The third-order valence-corrected chi connectivity index (χ3v) is 3.30. The maximum atomic E-state index is 4.38. The number of hydrogen-bond acceptors (Lipinski definition) is 5. The van der Waals surface area contributed by atoms with Crippen molar-refractivity contribution in [1.29, 1.82) is 0 Å². The molecule has 2 rings (SSSR count). The van der Waals surface area contributed by atoms with Crippen LogP contribution in [0.25, 0.3) is 0 Å². The third kappa shape index (κ3) is 2.92. The minimum atomic E-state index is 0.461. The first kappa shape index (κ1) is 12.3. The summed E-state index contributed by atoms with van der Waals surface area (Å²) in [6, 6.07) is 2.90. The lowest BCUT2D eigenvalue weighted by Crippen LogP contribution is -2.30. The van der Waals surface area contributed by atoms with E-state index >= 15 is 0 Å². The Morgan fingerprint density at radius 1 is 1.12 bits per heavy atom. The van der Waals surface area contributed by atoms with Crippen LogP contribution < -0.4 is 16.2 Å². The Morgan fingerprint density at radius 3 is 2.18 bits per heavy atom. The molecule has 94 valence electrons. The monoisotopic (exact) mass is 235 g/mol. The van der Waals surface area contributed by atoms with E-state index in [1.54, 1.807) is 0 Å². The van der Waals surface area contributed by atoms with Gasteiger partial charge in [-0.25, -0.2) is 9.97 Å². The smallest absolute Gasteiger partial charge is 0.223 e. The van der Waals surface area contributed by atoms with E-state index in [4.69, 9.17) is 0 Å². The van der Waals surface area contributed by atoms with Gasteiger partial charge in [-0.15, -0.1) is 0 Å². The van der Waals surface area contributed by atoms with Gasteiger partial charge in [-0.1, -0.05) is 0 Å². The normalized spacial score (nSPS) is 28.4. The highest BCUT2D eigenvalue weighted by atomic mass is 15.4. The van der Waals surface area contributed by atoms with Crippen LogP contribution in [0.3, 0.4) is 0 Å². The van der Waals surface area contributed by atoms with E-state index in [1.807, 2.05) is 19.9 Å². The van der Waals surface area contributed by atoms with Crippen LogP contribution in [-0.2, 0) is 0 Å². The second-order valence-electron chi connectivity index (χ2n) is 4.89. The lowest BCUT2D eigenvalue weighted by molar-refractivity contribution is 0.465. The quantitative estimate of drug-likeness (QED) is 0.730. The van der Waals surface area contributed by atoms with Crippen molar-refractivity contribution in [2.75, 3.05) is 11.9 Å². The highest BCUT2D eigenvalue weighted by Crippen LogP contribution is 2.15. The summed E-state index contributed by atoms with van der Waals surface area (Å²) in [4.78, 5) is 8.76. The molecule has 1 aliphatic rings. The van der Waals surface area contributed by atoms with Crippen molar-refractivity contribution in [3.8, 4) is 0 Å². The molecule has 0 bridgehead atoms. The molecule has 0 aromatic carbocycles. The molecule has 0 amide bonds. The van der Waals surface area contributed by atoms with Crippen molar-refractivity contribution >= 4 is 5.95 Å². The summed E-state index contributed by atoms with van der Waals surface area (Å²) < 4.78 is 0. The van der Waals surface area contributed by atoms with E-state index in [9.17, 15) is 0 Å². The fourth-order valence-electron chi connectivity index (χ4n) is 2.28. The van der Waals surface area contributed by atoms with Gasteiger partial charge in [0.15, 0.2) is 0 Å². The molecule has 0 aliphatic carbocycles. The average molecular weight is 235 g/mol. The van der Waals surface area contributed by atoms with Crippen LogP contribution in [0.1, 0.15) is 25.2 Å². The number of hydrogen-bond donors (Lipinski definition) is 3. The average Bonchev–Trinajstić information content (AvgIpc) is 2.55. The molecular formula is C12H21N5. The van der Waals surface area contributed by atoms with E-state index in [2.05, 4.69) is 40.0 Å². The molecule has 2 heterocycles. The summed E-state index contributed by atoms with van der Waals surface area (Å²) in [5, 5.41) is 3.33. The Labute approximate surface area is 102 Å². The summed E-state index contributed by atoms with van der Waals surface area (Å²) in [6.45, 7) is 9.23. The van der Waals surface area contributed by atoms with Crippen molar-refractivity contribution in [3.63, 3.8) is 0 Å². The summed E-state index contributed by atoms with van der Waals surface area (Å²) >= 11 is 0. The standard InChI is InChI=1S/C12H21N5/c1-7-5-8(2)15-12(14-7)13-6-11-9(3)16-17-10(11)4/h5,9-11,16-17H,6H2,1-4H3,(H,13,14,15). The molecular weight excluding hydrogens is 214 g/mol. The molecule has 1 aromatic rings. The number of nitrogens with zero attached hydrogens (tertiary/aromatic N) is 2. The third-order valence-electron chi connectivity index (χ3n) is 3.30. The van der Waals surface area contributed by atoms with Crippen LogP contribution in [0.4, 0.5) is 5.95 Å². The first-order valence-corrected chi connectivity index (χ1v) is 6.13. The molecule has 5 nitrogen and oxygen atoms in total. The number of nitrogens with one attached hydrogen (secondary N) is 3. The number of aryl methyl sites for hydroxylation is 2. The first-order chi connectivity index (χ1) is 8.06. The summed E-state index contributed by atoms with van der Waals surface area (Å²) in [5.41, 5.74) is 8.50. The highest BCUT2D eigenvalue weighted by molar-refractivity contribution is 5.27. The van der Waals surface area contributed by atoms with Gasteiger partial charge in [-0.3, -0.25) is 10.9 Å². The van der Waals surface area contributed by atoms with Gasteiger partial charge in [0.1, 0.15) is 0 Å². The Hall–Kier alpha value is -1.20. The highest BCUT2D eigenvalue weighted by Gasteiger charge is 2.29. The van der Waals surface area contributed by atoms with E-state index < -0.39 is 0 Å². The van der Waals surface area contributed by atoms with Crippen LogP contribution in [-0.4, -0.2) is 28.6 Å². The van der Waals surface area contributed by atoms with Gasteiger partial charge >= 0.3 is 0 Å². The molecule has 2 unspecified atom stereocenters. The number of anilines is 1. The zero-order valence-corrected chi connectivity index (χ0v) is 10.9. The van der Waals surface area contributed by atoms with E-state index in [1.165, 1.54) is 0 Å². The SMILES string of the molecule is Cc1cc(C)nc(NCC2C(C)NNC2C)n1. The van der Waals surface area contributed by atoms with E-state index in [-0.39, 0.29) is 0 Å². The molecule has 5 heteroatoms. The van der Waals surface area contributed by atoms with E-state index in [0.29, 0.717) is 18.0 Å². The minimum Gasteiger partial charge on any atom is -0.354 e. The topological polar surface area (TPSA) is 61.9 Å². The summed E-state index contributed by atoms with van der Waals surface area (Å²) in [6.07, 6.45) is 0. The molecule has 17 heavy (non-hydrogen) atoms. The Kier molecular flexibility index (Phi) is 3.59. The van der Waals surface area contributed by atoms with Crippen LogP contribution in [0, 0.1) is 19.8 Å². The van der Waals surface area contributed by atoms with Gasteiger partial charge in [0.05, 0.1) is 0 Å². The first-order valence-electron chi connectivity index (χ1n) is 6.13. The predicted octanol–water partition coefficient (Wildman–Crippen LogP) is 1.01. The van der Waals surface area contributed by atoms with Crippen LogP contribution in [0.2, 0.25) is 0 Å². The molecule has 1 fully saturated rings. The predicted molar refractivity (Wildman–Crippen MR) is 68.7 cm³/mol. The fraction of sp³-hybridized carbons (Fsp3) is 0.667. The Morgan fingerprint density at radius 2 is 1.65 bits per heavy atom. The molecule has 0 spiro atoms. The minimum absolute atomic E-state index is 0.461. The van der Waals surface area contributed by atoms with Crippen molar-refractivity contribution in [1.82, 2.24) is 20.8 Å². The summed E-state index contributed by atoms with van der Waals surface area (Å²) in [7, 11) is 0. The summed E-state index contributed by atoms with van der Waals surface area (Å²) in [5.74, 6) is 1.27. The van der Waals surface area contributed by atoms with Crippen molar-refractivity contribution in [3.05, 3.63) is 17.5 Å². The fourth-order valence-corrected chi connectivity index (χ4v) is 2.28. The second-order valence-corrected chi connectivity index (χ2v) is 4.89. The van der Waals surface area contributed by atoms with Crippen LogP contribution >= 0.6 is 0 Å². The molecule has 1 saturated heterocycles. The maximum Gasteiger partial charge on any atom is 0.223 e. The molecule has 0 saturated carbocycles. The molecule has 1 aromatic heterocycles. The van der Waals surface area contributed by atoms with Gasteiger partial charge in [-0.2, -0.15) is 0 Å². The lowest BCUT2D eigenvalue weighted by atomic mass is 9.97. The zero-order valence-electron chi connectivity index (χ0n) is 10.9. The van der Waals surface area contributed by atoms with Gasteiger partial charge in [0.2, 0.25) is 5.95 Å². The molecule has 2 atom stereocenters. The largest absolute Gasteiger partial charge is 0.354 e. The Bertz CT molecular complexity index is 362. The maximum absolute atomic E-state index is 4.38. The lowest BCUT2D eigenvalue weighted by Gasteiger charge is -2.18. The second kappa shape index (κ2) is 4.98. The van der Waals surface area contributed by atoms with Crippen molar-refractivity contribution in [2.24, 2.45) is 5.92 Å². The number of aromatic nitrogens is 2. The van der Waals surface area contributed by atoms with Crippen molar-refractivity contribution in [2.45, 2.75) is 39.8 Å². The molecule has 3 N–H and O–H groups in total. The van der Waals surface area contributed by atoms with Crippen LogP contribution in [0.15, 0.2) is 6.07 Å². The van der Waals surface area contributed by atoms with E-state index in [0.717, 1.165) is 23.9 Å². The van der Waals surface area contributed by atoms with Gasteiger partial charge < -0.3 is 5.32 Å². The molecule has 1 aliphatic heterocycles. The van der Waals surface area contributed by atoms with Crippen LogP contribution in [0.5, 0.6) is 0 Å². The number of rotatable bonds is 3. The van der Waals surface area contributed by atoms with Gasteiger partial charge in [0, 0.05) is 35.9 Å².